The van der Waals surface area contributed by atoms with Gasteiger partial charge < -0.3 is 5.11 Å². The van der Waals surface area contributed by atoms with Gasteiger partial charge in [-0.2, -0.15) is 0 Å². The van der Waals surface area contributed by atoms with E-state index in [0.717, 1.165) is 0 Å². The molecule has 0 bridgehead atoms. The highest BCUT2D eigenvalue weighted by Gasteiger charge is 2.25. The fraction of sp³-hybridized carbons (Fsp3) is 0.0714. The van der Waals surface area contributed by atoms with Gasteiger partial charge in [-0.25, -0.2) is 13.2 Å². The van der Waals surface area contributed by atoms with E-state index in [4.69, 9.17) is 11.6 Å². The normalized spacial score (nSPS) is 11.2. The zero-order valence-electron chi connectivity index (χ0n) is 10.3. The Labute approximate surface area is 121 Å². The monoisotopic (exact) mass is 310 g/mol. The van der Waals surface area contributed by atoms with Crippen LogP contribution in [0.25, 0.3) is 11.1 Å². The quantitative estimate of drug-likeness (QED) is 0.881. The van der Waals surface area contributed by atoms with Crippen molar-refractivity contribution in [1.29, 1.82) is 0 Å². The number of benzene rings is 2. The third kappa shape index (κ3) is 2.69. The number of hydrogen-bond donors (Lipinski definition) is 1. The van der Waals surface area contributed by atoms with E-state index in [-0.39, 0.29) is 10.5 Å². The van der Waals surface area contributed by atoms with E-state index in [2.05, 4.69) is 0 Å². The van der Waals surface area contributed by atoms with Crippen molar-refractivity contribution in [1.82, 2.24) is 0 Å². The molecule has 4 nitrogen and oxygen atoms in total. The number of halogens is 1. The van der Waals surface area contributed by atoms with Crippen molar-refractivity contribution in [2.75, 3.05) is 5.21 Å². The zero-order chi connectivity index (χ0) is 14.8. The Morgan fingerprint density at radius 1 is 1.05 bits per heavy atom. The first-order chi connectivity index (χ1) is 9.47. The molecule has 20 heavy (non-hydrogen) atoms. The van der Waals surface area contributed by atoms with E-state index in [0.29, 0.717) is 11.1 Å². The third-order valence-corrected chi connectivity index (χ3v) is 5.00. The van der Waals surface area contributed by atoms with Crippen molar-refractivity contribution < 1.29 is 18.3 Å². The second-order valence-corrected chi connectivity index (χ2v) is 6.59. The summed E-state index contributed by atoms with van der Waals surface area (Å²) in [6.07, 6.45) is 0. The van der Waals surface area contributed by atoms with Gasteiger partial charge in [-0.15, -0.1) is 11.6 Å². The molecule has 0 atom stereocenters. The number of aromatic carboxylic acids is 1. The number of carboxylic acids is 1. The van der Waals surface area contributed by atoms with Gasteiger partial charge in [-0.1, -0.05) is 42.5 Å². The van der Waals surface area contributed by atoms with Gasteiger partial charge in [0.1, 0.15) is 5.21 Å². The first-order valence-electron chi connectivity index (χ1n) is 5.68. The summed E-state index contributed by atoms with van der Waals surface area (Å²) in [5.74, 6) is -1.30. The lowest BCUT2D eigenvalue weighted by molar-refractivity contribution is 0.0692. The minimum atomic E-state index is -3.87. The highest BCUT2D eigenvalue weighted by atomic mass is 35.5. The van der Waals surface area contributed by atoms with Crippen LogP contribution in [0.15, 0.2) is 53.4 Å². The molecule has 0 heterocycles. The van der Waals surface area contributed by atoms with Gasteiger partial charge in [-0.3, -0.25) is 0 Å². The van der Waals surface area contributed by atoms with Gasteiger partial charge in [0.05, 0.1) is 10.5 Å². The van der Waals surface area contributed by atoms with Gasteiger partial charge in [0.2, 0.25) is 0 Å². The third-order valence-electron chi connectivity index (χ3n) is 2.78. The van der Waals surface area contributed by atoms with Crippen LogP contribution < -0.4 is 0 Å². The van der Waals surface area contributed by atoms with E-state index >= 15 is 0 Å². The summed E-state index contributed by atoms with van der Waals surface area (Å²) in [6.45, 7) is 0. The zero-order valence-corrected chi connectivity index (χ0v) is 11.9. The molecule has 0 radical (unpaired) electrons. The number of carboxylic acid groups (broad SMARTS) is 1. The van der Waals surface area contributed by atoms with E-state index in [1.165, 1.54) is 12.1 Å². The van der Waals surface area contributed by atoms with Gasteiger partial charge in [0.25, 0.3) is 0 Å². The molecule has 2 rings (SSSR count). The maximum Gasteiger partial charge on any atom is 0.337 e. The molecule has 0 amide bonds. The lowest BCUT2D eigenvalue weighted by Gasteiger charge is -2.12. The van der Waals surface area contributed by atoms with Gasteiger partial charge >= 0.3 is 5.97 Å². The molecule has 0 fully saturated rings. The molecular formula is C14H11ClO4S. The molecule has 0 saturated carbocycles. The lowest BCUT2D eigenvalue weighted by atomic mass is 10.0. The van der Waals surface area contributed by atoms with Crippen molar-refractivity contribution in [3.63, 3.8) is 0 Å². The SMILES string of the molecule is O=C(O)c1cccc(-c2ccccc2)c1S(=O)(=O)CCl. The Kier molecular flexibility index (Phi) is 4.11. The summed E-state index contributed by atoms with van der Waals surface area (Å²) in [6, 6.07) is 13.1. The van der Waals surface area contributed by atoms with E-state index in [1.54, 1.807) is 36.4 Å². The average molecular weight is 311 g/mol. The molecule has 0 aliphatic carbocycles. The topological polar surface area (TPSA) is 71.4 Å². The molecule has 0 aromatic heterocycles. The van der Waals surface area contributed by atoms with Gasteiger partial charge in [0.15, 0.2) is 9.84 Å². The van der Waals surface area contributed by atoms with E-state index in [1.807, 2.05) is 0 Å². The van der Waals surface area contributed by atoms with Crippen LogP contribution in [-0.2, 0) is 9.84 Å². The Balaban J connectivity index is 2.83. The molecule has 2 aromatic carbocycles. The van der Waals surface area contributed by atoms with E-state index in [9.17, 15) is 18.3 Å². The summed E-state index contributed by atoms with van der Waals surface area (Å²) in [5.41, 5.74) is 0.692. The summed E-state index contributed by atoms with van der Waals surface area (Å²) >= 11 is 5.48. The first-order valence-corrected chi connectivity index (χ1v) is 7.86. The Hall–Kier alpha value is -1.85. The van der Waals surface area contributed by atoms with Crippen LogP contribution in [0.3, 0.4) is 0 Å². The van der Waals surface area contributed by atoms with Crippen LogP contribution in [0.4, 0.5) is 0 Å². The molecule has 0 aliphatic rings. The Bertz CT molecular complexity index is 739. The number of hydrogen-bond acceptors (Lipinski definition) is 3. The fourth-order valence-electron chi connectivity index (χ4n) is 1.94. The van der Waals surface area contributed by atoms with E-state index < -0.39 is 21.0 Å². The van der Waals surface area contributed by atoms with Crippen molar-refractivity contribution >= 4 is 27.4 Å². The number of sulfone groups is 1. The number of carbonyl (C=O) groups is 1. The smallest absolute Gasteiger partial charge is 0.337 e. The van der Waals surface area contributed by atoms with Crippen molar-refractivity contribution in [2.45, 2.75) is 4.90 Å². The van der Waals surface area contributed by atoms with Crippen LogP contribution in [0.2, 0.25) is 0 Å². The van der Waals surface area contributed by atoms with Crippen molar-refractivity contribution in [3.05, 3.63) is 54.1 Å². The molecule has 0 spiro atoms. The Morgan fingerprint density at radius 3 is 2.25 bits per heavy atom. The number of rotatable bonds is 4. The summed E-state index contributed by atoms with van der Waals surface area (Å²) in [7, 11) is -3.87. The summed E-state index contributed by atoms with van der Waals surface area (Å²) in [5, 5.41) is 8.52. The average Bonchev–Trinajstić information content (AvgIpc) is 2.47. The van der Waals surface area contributed by atoms with Crippen LogP contribution in [0.5, 0.6) is 0 Å². The molecule has 0 aliphatic heterocycles. The highest BCUT2D eigenvalue weighted by Crippen LogP contribution is 2.31. The van der Waals surface area contributed by atoms with Crippen LogP contribution in [-0.4, -0.2) is 24.7 Å². The Morgan fingerprint density at radius 2 is 1.70 bits per heavy atom. The van der Waals surface area contributed by atoms with Crippen LogP contribution in [0, 0.1) is 0 Å². The maximum absolute atomic E-state index is 12.1. The molecule has 104 valence electrons. The summed E-state index contributed by atoms with van der Waals surface area (Å²) in [4.78, 5) is 11.0. The predicted molar refractivity (Wildman–Crippen MR) is 76.7 cm³/mol. The highest BCUT2D eigenvalue weighted by molar-refractivity contribution is 7.92. The standard InChI is InChI=1S/C14H11ClO4S/c15-9-20(18,19)13-11(10-5-2-1-3-6-10)7-4-8-12(13)14(16)17/h1-8H,9H2,(H,16,17). The first kappa shape index (κ1) is 14.6. The maximum atomic E-state index is 12.1. The fourth-order valence-corrected chi connectivity index (χ4v) is 3.39. The minimum absolute atomic E-state index is 0.242. The molecule has 0 saturated heterocycles. The molecule has 0 unspecified atom stereocenters. The lowest BCUT2D eigenvalue weighted by Crippen LogP contribution is -2.11. The predicted octanol–water partition coefficient (Wildman–Crippen LogP) is 3.02. The second kappa shape index (κ2) is 5.64. The molecule has 6 heteroatoms. The van der Waals surface area contributed by atoms with Crippen molar-refractivity contribution in [2.24, 2.45) is 0 Å². The molecule has 2 aromatic rings. The van der Waals surface area contributed by atoms with Gasteiger partial charge in [0, 0.05) is 5.56 Å². The minimum Gasteiger partial charge on any atom is -0.478 e. The largest absolute Gasteiger partial charge is 0.478 e. The van der Waals surface area contributed by atoms with Gasteiger partial charge in [-0.05, 0) is 11.6 Å². The van der Waals surface area contributed by atoms with Crippen LogP contribution in [0.1, 0.15) is 10.4 Å². The molecule has 1 N–H and O–H groups in total. The summed E-state index contributed by atoms with van der Waals surface area (Å²) < 4.78 is 24.3. The van der Waals surface area contributed by atoms with Crippen LogP contribution >= 0.6 is 11.6 Å². The second-order valence-electron chi connectivity index (χ2n) is 4.08. The van der Waals surface area contributed by atoms with Crippen molar-refractivity contribution in [3.8, 4) is 11.1 Å². The number of alkyl halides is 1. The molecular weight excluding hydrogens is 300 g/mol.